The first-order valence-electron chi connectivity index (χ1n) is 6.39. The van der Waals surface area contributed by atoms with Gasteiger partial charge in [0.05, 0.1) is 0 Å². The second-order valence-electron chi connectivity index (χ2n) is 4.65. The van der Waals surface area contributed by atoms with E-state index in [-0.39, 0.29) is 11.9 Å². The van der Waals surface area contributed by atoms with Crippen molar-refractivity contribution < 1.29 is 9.59 Å². The summed E-state index contributed by atoms with van der Waals surface area (Å²) in [7, 11) is 3.33. The minimum atomic E-state index is -0.180. The first-order valence-corrected chi connectivity index (χ1v) is 6.39. The fourth-order valence-corrected chi connectivity index (χ4v) is 1.79. The molecule has 0 fully saturated rings. The molecule has 3 N–H and O–H groups in total. The molecule has 0 saturated carbocycles. The lowest BCUT2D eigenvalue weighted by Crippen LogP contribution is -2.39. The summed E-state index contributed by atoms with van der Waals surface area (Å²) in [4.78, 5) is 27.7. The third-order valence-electron chi connectivity index (χ3n) is 2.87. The van der Waals surface area contributed by atoms with Gasteiger partial charge in [0.25, 0.3) is 5.91 Å². The number of carbonyl (C=O) groups is 2. The number of hydrogen-bond donors (Lipinski definition) is 3. The van der Waals surface area contributed by atoms with Crippen LogP contribution < -0.4 is 10.6 Å². The van der Waals surface area contributed by atoms with Gasteiger partial charge in [-0.2, -0.15) is 0 Å². The Morgan fingerprint density at radius 1 is 1.15 bits per heavy atom. The highest BCUT2D eigenvalue weighted by Crippen LogP contribution is 2.14. The summed E-state index contributed by atoms with van der Waals surface area (Å²) in [6.07, 6.45) is 0. The molecule has 0 unspecified atom stereocenters. The molecule has 0 aliphatic rings. The summed E-state index contributed by atoms with van der Waals surface area (Å²) in [5.74, 6) is -0.180. The quantitative estimate of drug-likeness (QED) is 0.732. The maximum atomic E-state index is 11.9. The van der Waals surface area contributed by atoms with Crippen LogP contribution in [0.2, 0.25) is 0 Å². The monoisotopic (exact) mass is 274 g/mol. The summed E-state index contributed by atoms with van der Waals surface area (Å²) < 4.78 is 0. The third-order valence-corrected chi connectivity index (χ3v) is 2.87. The van der Waals surface area contributed by atoms with Gasteiger partial charge in [-0.3, -0.25) is 4.79 Å². The molecule has 2 rings (SSSR count). The molecule has 0 spiro atoms. The van der Waals surface area contributed by atoms with Crippen LogP contribution in [0, 0.1) is 0 Å². The molecule has 0 saturated heterocycles. The van der Waals surface area contributed by atoms with E-state index in [1.54, 1.807) is 14.1 Å². The Kier molecular flexibility index (Phi) is 4.24. The van der Waals surface area contributed by atoms with Gasteiger partial charge >= 0.3 is 6.03 Å². The minimum Gasteiger partial charge on any atom is -0.351 e. The number of H-pyrrole nitrogens is 1. The number of nitrogens with zero attached hydrogens (tertiary/aromatic N) is 1. The van der Waals surface area contributed by atoms with Crippen molar-refractivity contribution in [3.8, 4) is 0 Å². The Balaban J connectivity index is 1.84. The lowest BCUT2D eigenvalue weighted by Gasteiger charge is -2.11. The Labute approximate surface area is 117 Å². The van der Waals surface area contributed by atoms with Crippen molar-refractivity contribution in [2.75, 3.05) is 27.2 Å². The van der Waals surface area contributed by atoms with Gasteiger partial charge < -0.3 is 20.5 Å². The number of amides is 3. The summed E-state index contributed by atoms with van der Waals surface area (Å²) in [6, 6.07) is 9.34. The molecule has 0 aliphatic carbocycles. The lowest BCUT2D eigenvalue weighted by atomic mass is 10.2. The van der Waals surface area contributed by atoms with E-state index in [4.69, 9.17) is 0 Å². The van der Waals surface area contributed by atoms with E-state index in [1.807, 2.05) is 30.3 Å². The molecule has 0 aliphatic heterocycles. The number of urea groups is 1. The van der Waals surface area contributed by atoms with Crippen molar-refractivity contribution >= 4 is 22.8 Å². The maximum absolute atomic E-state index is 11.9. The summed E-state index contributed by atoms with van der Waals surface area (Å²) >= 11 is 0. The van der Waals surface area contributed by atoms with Crippen LogP contribution in [0.15, 0.2) is 30.3 Å². The van der Waals surface area contributed by atoms with Crippen molar-refractivity contribution in [2.45, 2.75) is 0 Å². The molecular weight excluding hydrogens is 256 g/mol. The molecule has 0 atom stereocenters. The predicted molar refractivity (Wildman–Crippen MR) is 77.7 cm³/mol. The number of nitrogens with one attached hydrogen (secondary N) is 3. The molecule has 1 heterocycles. The van der Waals surface area contributed by atoms with Gasteiger partial charge in [-0.1, -0.05) is 18.2 Å². The Bertz CT molecular complexity index is 585. The smallest absolute Gasteiger partial charge is 0.316 e. The molecule has 6 heteroatoms. The normalized spacial score (nSPS) is 10.3. The van der Waals surface area contributed by atoms with Gasteiger partial charge in [-0.15, -0.1) is 0 Å². The molecule has 106 valence electrons. The largest absolute Gasteiger partial charge is 0.351 e. The topological polar surface area (TPSA) is 77.2 Å². The van der Waals surface area contributed by atoms with Crippen molar-refractivity contribution in [3.05, 3.63) is 36.0 Å². The van der Waals surface area contributed by atoms with Crippen LogP contribution in [0.1, 0.15) is 10.5 Å². The zero-order chi connectivity index (χ0) is 14.5. The standard InChI is InChI=1S/C14H18N4O2/c1-18(2)14(20)16-8-7-15-13(19)12-9-10-5-3-4-6-11(10)17-12/h3-6,9,17H,7-8H2,1-2H3,(H,15,19)(H,16,20). The van der Waals surface area contributed by atoms with Crippen molar-refractivity contribution in [1.29, 1.82) is 0 Å². The van der Waals surface area contributed by atoms with Crippen molar-refractivity contribution in [3.63, 3.8) is 0 Å². The second kappa shape index (κ2) is 6.10. The van der Waals surface area contributed by atoms with Crippen LogP contribution in [0.3, 0.4) is 0 Å². The molecule has 2 aromatic rings. The first kappa shape index (κ1) is 13.9. The average molecular weight is 274 g/mol. The maximum Gasteiger partial charge on any atom is 0.316 e. The van der Waals surface area contributed by atoms with Crippen LogP contribution in [0.5, 0.6) is 0 Å². The molecule has 0 bridgehead atoms. The Morgan fingerprint density at radius 3 is 2.55 bits per heavy atom. The van der Waals surface area contributed by atoms with Gasteiger partial charge in [0.15, 0.2) is 0 Å². The van der Waals surface area contributed by atoms with Gasteiger partial charge in [0.1, 0.15) is 5.69 Å². The number of fused-ring (bicyclic) bond motifs is 1. The number of hydrogen-bond acceptors (Lipinski definition) is 2. The van der Waals surface area contributed by atoms with E-state index in [1.165, 1.54) is 4.90 Å². The minimum absolute atomic E-state index is 0.176. The van der Waals surface area contributed by atoms with E-state index in [9.17, 15) is 9.59 Å². The summed E-state index contributed by atoms with van der Waals surface area (Å²) in [5, 5.41) is 6.43. The molecule has 6 nitrogen and oxygen atoms in total. The van der Waals surface area contributed by atoms with Crippen LogP contribution in [-0.2, 0) is 0 Å². The number of rotatable bonds is 4. The zero-order valence-electron chi connectivity index (χ0n) is 11.6. The Hall–Kier alpha value is -2.50. The van der Waals surface area contributed by atoms with Crippen molar-refractivity contribution in [1.82, 2.24) is 20.5 Å². The number of carbonyl (C=O) groups excluding carboxylic acids is 2. The number of aromatic amines is 1. The van der Waals surface area contributed by atoms with Crippen LogP contribution in [0.4, 0.5) is 4.79 Å². The van der Waals surface area contributed by atoms with E-state index in [2.05, 4.69) is 15.6 Å². The number of aromatic nitrogens is 1. The van der Waals surface area contributed by atoms with Gasteiger partial charge in [-0.05, 0) is 12.1 Å². The molecule has 1 aromatic heterocycles. The van der Waals surface area contributed by atoms with E-state index < -0.39 is 0 Å². The zero-order valence-corrected chi connectivity index (χ0v) is 11.6. The van der Waals surface area contributed by atoms with Crippen molar-refractivity contribution in [2.24, 2.45) is 0 Å². The second-order valence-corrected chi connectivity index (χ2v) is 4.65. The Morgan fingerprint density at radius 2 is 1.85 bits per heavy atom. The first-order chi connectivity index (χ1) is 9.58. The number of benzene rings is 1. The molecule has 3 amide bonds. The SMILES string of the molecule is CN(C)C(=O)NCCNC(=O)c1cc2ccccc2[nH]1. The highest BCUT2D eigenvalue weighted by molar-refractivity contribution is 5.97. The molecule has 0 radical (unpaired) electrons. The van der Waals surface area contributed by atoms with Gasteiger partial charge in [-0.25, -0.2) is 4.79 Å². The fourth-order valence-electron chi connectivity index (χ4n) is 1.79. The fraction of sp³-hybridized carbons (Fsp3) is 0.286. The highest BCUT2D eigenvalue weighted by Gasteiger charge is 2.08. The number of para-hydroxylation sites is 1. The summed E-state index contributed by atoms with van der Waals surface area (Å²) in [6.45, 7) is 0.775. The van der Waals surface area contributed by atoms with Gasteiger partial charge in [0.2, 0.25) is 0 Å². The predicted octanol–water partition coefficient (Wildman–Crippen LogP) is 1.17. The van der Waals surface area contributed by atoms with E-state index >= 15 is 0 Å². The average Bonchev–Trinajstić information content (AvgIpc) is 2.86. The molecule has 20 heavy (non-hydrogen) atoms. The van der Waals surface area contributed by atoms with E-state index in [0.717, 1.165) is 10.9 Å². The molecular formula is C14H18N4O2. The van der Waals surface area contributed by atoms with Crippen LogP contribution in [0.25, 0.3) is 10.9 Å². The van der Waals surface area contributed by atoms with Crippen LogP contribution in [-0.4, -0.2) is 49.0 Å². The van der Waals surface area contributed by atoms with E-state index in [0.29, 0.717) is 18.8 Å². The van der Waals surface area contributed by atoms with Gasteiger partial charge in [0, 0.05) is 38.1 Å². The third kappa shape index (κ3) is 3.28. The highest BCUT2D eigenvalue weighted by atomic mass is 16.2. The lowest BCUT2D eigenvalue weighted by molar-refractivity contribution is 0.0949. The van der Waals surface area contributed by atoms with Crippen LogP contribution >= 0.6 is 0 Å². The molecule has 1 aromatic carbocycles. The summed E-state index contributed by atoms with van der Waals surface area (Å²) in [5.41, 5.74) is 1.45.